The lowest BCUT2D eigenvalue weighted by Gasteiger charge is -2.28. The number of rotatable bonds is 6. The van der Waals surface area contributed by atoms with Crippen LogP contribution in [0.2, 0.25) is 0 Å². The molecule has 28 heavy (non-hydrogen) atoms. The number of hydrogen-bond acceptors (Lipinski definition) is 3. The molecule has 1 saturated heterocycles. The molecule has 0 aromatic heterocycles. The average Bonchev–Trinajstić information content (AvgIpc) is 3.53. The van der Waals surface area contributed by atoms with E-state index < -0.39 is 17.5 Å². The first kappa shape index (κ1) is 18.2. The van der Waals surface area contributed by atoms with Crippen molar-refractivity contribution in [1.82, 2.24) is 15.5 Å². The van der Waals surface area contributed by atoms with E-state index in [1.165, 1.54) is 0 Å². The molecule has 144 valence electrons. The normalized spacial score (nSPS) is 19.2. The van der Waals surface area contributed by atoms with Crippen LogP contribution < -0.4 is 10.6 Å². The molecule has 1 aliphatic carbocycles. The Balaban J connectivity index is 1.64. The molecular weight excluding hydrogens is 354 g/mol. The van der Waals surface area contributed by atoms with Crippen molar-refractivity contribution in [1.29, 1.82) is 0 Å². The Morgan fingerprint density at radius 1 is 1.07 bits per heavy atom. The number of hydrogen-bond donors (Lipinski definition) is 2. The van der Waals surface area contributed by atoms with Crippen LogP contribution in [-0.4, -0.2) is 35.3 Å². The summed E-state index contributed by atoms with van der Waals surface area (Å²) in [5.74, 6) is -0.260. The molecule has 2 fully saturated rings. The van der Waals surface area contributed by atoms with Gasteiger partial charge in [0.25, 0.3) is 5.91 Å². The lowest BCUT2D eigenvalue weighted by Crippen LogP contribution is -2.47. The van der Waals surface area contributed by atoms with Gasteiger partial charge in [-0.3, -0.25) is 14.5 Å². The topological polar surface area (TPSA) is 78.5 Å². The van der Waals surface area contributed by atoms with Crippen molar-refractivity contribution in [3.8, 4) is 0 Å². The SMILES string of the molecule is CC(NC(=O)CN1C(=O)NC(c2ccccc2)(c2ccccc2)C1=O)C1CC1. The monoisotopic (exact) mass is 377 g/mol. The van der Waals surface area contributed by atoms with Crippen LogP contribution >= 0.6 is 0 Å². The van der Waals surface area contributed by atoms with Gasteiger partial charge in [0.05, 0.1) is 0 Å². The maximum Gasteiger partial charge on any atom is 0.326 e. The van der Waals surface area contributed by atoms with Gasteiger partial charge >= 0.3 is 6.03 Å². The molecule has 6 heteroatoms. The van der Waals surface area contributed by atoms with Crippen LogP contribution in [0.1, 0.15) is 30.9 Å². The van der Waals surface area contributed by atoms with E-state index >= 15 is 0 Å². The molecule has 0 radical (unpaired) electrons. The maximum atomic E-state index is 13.5. The molecule has 6 nitrogen and oxygen atoms in total. The number of carbonyl (C=O) groups is 3. The van der Waals surface area contributed by atoms with Crippen molar-refractivity contribution in [2.24, 2.45) is 5.92 Å². The summed E-state index contributed by atoms with van der Waals surface area (Å²) >= 11 is 0. The van der Waals surface area contributed by atoms with E-state index in [1.54, 1.807) is 0 Å². The first-order chi connectivity index (χ1) is 13.5. The van der Waals surface area contributed by atoms with E-state index in [9.17, 15) is 14.4 Å². The van der Waals surface area contributed by atoms with Crippen molar-refractivity contribution in [2.45, 2.75) is 31.3 Å². The molecule has 4 rings (SSSR count). The summed E-state index contributed by atoms with van der Waals surface area (Å²) in [6.45, 7) is 1.67. The Hall–Kier alpha value is -3.15. The van der Waals surface area contributed by atoms with Crippen molar-refractivity contribution in [2.75, 3.05) is 6.54 Å². The molecular formula is C22H23N3O3. The van der Waals surface area contributed by atoms with E-state index in [2.05, 4.69) is 10.6 Å². The van der Waals surface area contributed by atoms with Gasteiger partial charge in [0, 0.05) is 6.04 Å². The Morgan fingerprint density at radius 2 is 1.61 bits per heavy atom. The highest BCUT2D eigenvalue weighted by atomic mass is 16.2. The molecule has 0 bridgehead atoms. The van der Waals surface area contributed by atoms with E-state index in [0.29, 0.717) is 17.0 Å². The lowest BCUT2D eigenvalue weighted by molar-refractivity contribution is -0.134. The maximum absolute atomic E-state index is 13.5. The standard InChI is InChI=1S/C22H23N3O3/c1-15(16-12-13-16)23-19(26)14-25-20(27)22(24-21(25)28,17-8-4-2-5-9-17)18-10-6-3-7-11-18/h2-11,15-16H,12-14H2,1H3,(H,23,26)(H,24,28). The summed E-state index contributed by atoms with van der Waals surface area (Å²) in [7, 11) is 0. The Bertz CT molecular complexity index is 854. The van der Waals surface area contributed by atoms with E-state index in [1.807, 2.05) is 67.6 Å². The van der Waals surface area contributed by atoms with Crippen LogP contribution in [0.5, 0.6) is 0 Å². The van der Waals surface area contributed by atoms with Gasteiger partial charge in [-0.15, -0.1) is 0 Å². The number of nitrogens with zero attached hydrogens (tertiary/aromatic N) is 1. The predicted octanol–water partition coefficient (Wildman–Crippen LogP) is 2.40. The third kappa shape index (κ3) is 3.15. The summed E-state index contributed by atoms with van der Waals surface area (Å²) in [6.07, 6.45) is 2.21. The van der Waals surface area contributed by atoms with Gasteiger partial charge in [-0.25, -0.2) is 4.79 Å². The average molecular weight is 377 g/mol. The smallest absolute Gasteiger partial charge is 0.326 e. The first-order valence-electron chi connectivity index (χ1n) is 9.57. The van der Waals surface area contributed by atoms with Gasteiger partial charge in [-0.1, -0.05) is 60.7 Å². The number of carbonyl (C=O) groups excluding carboxylic acids is 3. The summed E-state index contributed by atoms with van der Waals surface area (Å²) in [6, 6.07) is 17.7. The minimum atomic E-state index is -1.33. The first-order valence-corrected chi connectivity index (χ1v) is 9.57. The number of benzene rings is 2. The molecule has 1 atom stereocenters. The van der Waals surface area contributed by atoms with Crippen molar-refractivity contribution >= 4 is 17.8 Å². The van der Waals surface area contributed by atoms with Crippen molar-refractivity contribution in [3.63, 3.8) is 0 Å². The lowest BCUT2D eigenvalue weighted by atomic mass is 9.82. The third-order valence-corrected chi connectivity index (χ3v) is 5.54. The number of imide groups is 1. The molecule has 2 aliphatic rings. The van der Waals surface area contributed by atoms with Gasteiger partial charge in [0.2, 0.25) is 5.91 Å². The highest BCUT2D eigenvalue weighted by Gasteiger charge is 2.54. The Morgan fingerprint density at radius 3 is 2.11 bits per heavy atom. The highest BCUT2D eigenvalue weighted by Crippen LogP contribution is 2.36. The van der Waals surface area contributed by atoms with Gasteiger partial charge in [0.15, 0.2) is 5.54 Å². The number of nitrogens with one attached hydrogen (secondary N) is 2. The minimum Gasteiger partial charge on any atom is -0.352 e. The van der Waals surface area contributed by atoms with Gasteiger partial charge in [0.1, 0.15) is 6.54 Å². The molecule has 0 spiro atoms. The summed E-state index contributed by atoms with van der Waals surface area (Å²) in [5.41, 5.74) is -0.00949. The van der Waals surface area contributed by atoms with Gasteiger partial charge < -0.3 is 10.6 Å². The molecule has 4 amide bonds. The molecule has 1 aliphatic heterocycles. The molecule has 2 aromatic rings. The van der Waals surface area contributed by atoms with Crippen LogP contribution in [-0.2, 0) is 15.1 Å². The van der Waals surface area contributed by atoms with E-state index in [4.69, 9.17) is 0 Å². The fourth-order valence-electron chi connectivity index (χ4n) is 3.81. The van der Waals surface area contributed by atoms with Gasteiger partial charge in [-0.2, -0.15) is 0 Å². The largest absolute Gasteiger partial charge is 0.352 e. The number of amides is 4. The molecule has 1 saturated carbocycles. The Labute approximate surface area is 163 Å². The molecule has 1 heterocycles. The van der Waals surface area contributed by atoms with Crippen LogP contribution in [0, 0.1) is 5.92 Å². The van der Waals surface area contributed by atoms with Crippen molar-refractivity contribution in [3.05, 3.63) is 71.8 Å². The summed E-state index contributed by atoms with van der Waals surface area (Å²) in [5, 5.41) is 5.75. The zero-order chi connectivity index (χ0) is 19.7. The summed E-state index contributed by atoms with van der Waals surface area (Å²) < 4.78 is 0. The third-order valence-electron chi connectivity index (χ3n) is 5.54. The van der Waals surface area contributed by atoms with Crippen molar-refractivity contribution < 1.29 is 14.4 Å². The van der Waals surface area contributed by atoms with Crippen LogP contribution in [0.25, 0.3) is 0 Å². The van der Waals surface area contributed by atoms with Crippen LogP contribution in [0.15, 0.2) is 60.7 Å². The van der Waals surface area contributed by atoms with Crippen LogP contribution in [0.3, 0.4) is 0 Å². The van der Waals surface area contributed by atoms with E-state index in [0.717, 1.165) is 17.7 Å². The zero-order valence-corrected chi connectivity index (χ0v) is 15.7. The molecule has 2 N–H and O–H groups in total. The second kappa shape index (κ2) is 7.11. The fraction of sp³-hybridized carbons (Fsp3) is 0.318. The molecule has 2 aromatic carbocycles. The zero-order valence-electron chi connectivity index (χ0n) is 15.7. The fourth-order valence-corrected chi connectivity index (χ4v) is 3.81. The molecule has 1 unspecified atom stereocenters. The Kier molecular flexibility index (Phi) is 4.63. The quantitative estimate of drug-likeness (QED) is 0.759. The minimum absolute atomic E-state index is 0.0567. The summed E-state index contributed by atoms with van der Waals surface area (Å²) in [4.78, 5) is 39.6. The van der Waals surface area contributed by atoms with Gasteiger partial charge in [-0.05, 0) is 36.8 Å². The second-order valence-corrected chi connectivity index (χ2v) is 7.50. The number of urea groups is 1. The van der Waals surface area contributed by atoms with E-state index in [-0.39, 0.29) is 18.5 Å². The second-order valence-electron chi connectivity index (χ2n) is 7.50. The highest BCUT2D eigenvalue weighted by molar-refractivity contribution is 6.11. The predicted molar refractivity (Wildman–Crippen MR) is 104 cm³/mol. The van der Waals surface area contributed by atoms with Crippen LogP contribution in [0.4, 0.5) is 4.79 Å².